The number of benzene rings is 7. The van der Waals surface area contributed by atoms with Crippen LogP contribution in [0.5, 0.6) is 0 Å². The van der Waals surface area contributed by atoms with Crippen molar-refractivity contribution in [1.29, 1.82) is 0 Å². The number of aryl methyl sites for hydroxylation is 2. The summed E-state index contributed by atoms with van der Waals surface area (Å²) in [4.78, 5) is 9.45. The average molecular weight is 1050 g/mol. The second kappa shape index (κ2) is 19.2. The van der Waals surface area contributed by atoms with Crippen LogP contribution in [0.3, 0.4) is 0 Å². The van der Waals surface area contributed by atoms with Crippen molar-refractivity contribution in [3.63, 3.8) is 0 Å². The van der Waals surface area contributed by atoms with Gasteiger partial charge in [-0.2, -0.15) is 0 Å². The standard InChI is InChI=1S/C44H37N2O.C17H20N.Ir/c1-27(2)36-25-33(32-22-20-31(21-23-32)30-13-7-6-8-14-30)26-37(28(3)4)42(36)46-39-17-11-10-16-38(39)45-44(46)35-24-19-29(5)41-34-15-9-12-18-40(34)47-43(35)41;1-13-5-8-15(9-6-13)16-10-7-14(12-18-16)11-17(2,3)4;/h6-23,25-28H,1-5H3;5-8,10,12H,11H2,1-4H3;/q2*-1;/i5D3,27D,28D;1D3,11D2;. The molecule has 333 valence electrons. The number of rotatable bonds is 8. The molecule has 7 aromatic carbocycles. The van der Waals surface area contributed by atoms with Gasteiger partial charge in [0.05, 0.1) is 22.4 Å². The van der Waals surface area contributed by atoms with E-state index in [4.69, 9.17) is 20.4 Å². The first-order chi connectivity index (χ1) is 35.1. The van der Waals surface area contributed by atoms with Crippen LogP contribution in [0.25, 0.3) is 83.6 Å². The van der Waals surface area contributed by atoms with E-state index in [1.165, 1.54) is 18.3 Å². The minimum absolute atomic E-state index is 0. The number of imidazole rings is 1. The molecular weight excluding hydrogens is 983 g/mol. The Labute approximate surface area is 418 Å². The van der Waals surface area contributed by atoms with Crippen molar-refractivity contribution in [2.75, 3.05) is 0 Å². The van der Waals surface area contributed by atoms with Crippen LogP contribution in [-0.4, -0.2) is 14.5 Å². The first-order valence-electron chi connectivity index (χ1n) is 26.8. The van der Waals surface area contributed by atoms with Crippen molar-refractivity contribution < 1.29 is 38.2 Å². The molecule has 3 aromatic heterocycles. The molecule has 0 unspecified atom stereocenters. The van der Waals surface area contributed by atoms with Gasteiger partial charge < -0.3 is 14.0 Å². The minimum atomic E-state index is -2.40. The molecule has 0 fully saturated rings. The van der Waals surface area contributed by atoms with E-state index in [1.807, 2.05) is 120 Å². The van der Waals surface area contributed by atoms with Gasteiger partial charge in [0.15, 0.2) is 0 Å². The predicted molar refractivity (Wildman–Crippen MR) is 273 cm³/mol. The normalized spacial score (nSPS) is 14.8. The Bertz CT molecular complexity index is 3660. The zero-order valence-corrected chi connectivity index (χ0v) is 40.5. The van der Waals surface area contributed by atoms with E-state index >= 15 is 0 Å². The van der Waals surface area contributed by atoms with Crippen LogP contribution in [0, 0.1) is 31.3 Å². The van der Waals surface area contributed by atoms with Gasteiger partial charge in [0.25, 0.3) is 0 Å². The molecule has 0 aliphatic carbocycles. The maximum absolute atomic E-state index is 9.52. The SMILES string of the molecule is [2H]C([2H])([2H])c1c[c-]c(-c2ccc(C([2H])([2H])C(C)(C)C)cn2)cc1.[2H]C([2H])([2H])c1c[c-]c(-c2nc3ccccc3n2-c2c(C([2H])(C)C)cc(-c3ccc(-c4ccccc4)cc3)cc2C([2H])(C)C)c2oc3ccccc3c12.[Ir]. The van der Waals surface area contributed by atoms with E-state index in [-0.39, 0.29) is 31.2 Å². The van der Waals surface area contributed by atoms with Gasteiger partial charge in [0, 0.05) is 51.1 Å². The molecule has 66 heavy (non-hydrogen) atoms. The van der Waals surface area contributed by atoms with Gasteiger partial charge in [0.2, 0.25) is 0 Å². The third-order valence-corrected chi connectivity index (χ3v) is 11.3. The van der Waals surface area contributed by atoms with E-state index in [0.29, 0.717) is 61.4 Å². The molecule has 1 radical (unpaired) electrons. The third kappa shape index (κ3) is 9.47. The average Bonchev–Trinajstić information content (AvgIpc) is 3.95. The Balaban J connectivity index is 0.000000268. The molecule has 0 saturated carbocycles. The molecular formula is C61H57IrN3O-2. The number of hydrogen-bond donors (Lipinski definition) is 0. The number of para-hydroxylation sites is 3. The topological polar surface area (TPSA) is 43.9 Å². The summed E-state index contributed by atoms with van der Waals surface area (Å²) in [6.07, 6.45) is 0.0411. The van der Waals surface area contributed by atoms with Crippen LogP contribution >= 0.6 is 0 Å². The second-order valence-corrected chi connectivity index (χ2v) is 17.8. The van der Waals surface area contributed by atoms with E-state index in [0.717, 1.165) is 38.9 Å². The minimum Gasteiger partial charge on any atom is -0.501 e. The summed E-state index contributed by atoms with van der Waals surface area (Å²) >= 11 is 0. The maximum atomic E-state index is 9.52. The molecule has 5 heteroatoms. The molecule has 0 N–H and O–H groups in total. The van der Waals surface area contributed by atoms with E-state index in [9.17, 15) is 2.74 Å². The molecule has 4 nitrogen and oxygen atoms in total. The fraction of sp³-hybridized carbons (Fsp3) is 0.213. The van der Waals surface area contributed by atoms with E-state index in [2.05, 4.69) is 65.6 Å². The molecule has 0 atom stereocenters. The molecule has 10 aromatic rings. The Morgan fingerprint density at radius 2 is 1.38 bits per heavy atom. The largest absolute Gasteiger partial charge is 0.501 e. The van der Waals surface area contributed by atoms with Crippen LogP contribution in [0.15, 0.2) is 162 Å². The summed E-state index contributed by atoms with van der Waals surface area (Å²) in [6, 6.07) is 53.8. The predicted octanol–water partition coefficient (Wildman–Crippen LogP) is 16.7. The molecule has 3 heterocycles. The molecule has 0 bridgehead atoms. The Morgan fingerprint density at radius 3 is 2.02 bits per heavy atom. The van der Waals surface area contributed by atoms with Crippen molar-refractivity contribution in [1.82, 2.24) is 14.5 Å². The summed E-state index contributed by atoms with van der Waals surface area (Å²) < 4.78 is 91.2. The van der Waals surface area contributed by atoms with E-state index in [1.54, 1.807) is 24.3 Å². The smallest absolute Gasteiger partial charge is 0.120 e. The number of hydrogen-bond acceptors (Lipinski definition) is 3. The van der Waals surface area contributed by atoms with Crippen LogP contribution in [0.4, 0.5) is 0 Å². The Hall–Kier alpha value is -6.39. The van der Waals surface area contributed by atoms with Crippen molar-refractivity contribution in [2.24, 2.45) is 5.41 Å². The molecule has 0 amide bonds. The summed E-state index contributed by atoms with van der Waals surface area (Å²) in [6.45, 7) is 8.46. The Kier molecular flexibility index (Phi) is 10.2. The second-order valence-electron chi connectivity index (χ2n) is 17.8. The molecule has 0 spiro atoms. The molecule has 0 saturated heterocycles. The summed E-state index contributed by atoms with van der Waals surface area (Å²) in [5, 5.41) is 1.20. The third-order valence-electron chi connectivity index (χ3n) is 11.3. The summed E-state index contributed by atoms with van der Waals surface area (Å²) in [7, 11) is 0. The maximum Gasteiger partial charge on any atom is 0.120 e. The van der Waals surface area contributed by atoms with Crippen LogP contribution in [-0.2, 0) is 26.5 Å². The number of fused-ring (bicyclic) bond motifs is 4. The van der Waals surface area contributed by atoms with Gasteiger partial charge in [-0.25, -0.2) is 0 Å². The van der Waals surface area contributed by atoms with Gasteiger partial charge in [0.1, 0.15) is 5.58 Å². The fourth-order valence-corrected chi connectivity index (χ4v) is 8.29. The Morgan fingerprint density at radius 1 is 0.712 bits per heavy atom. The monoisotopic (exact) mass is 1050 g/mol. The zero-order chi connectivity index (χ0) is 54.0. The van der Waals surface area contributed by atoms with E-state index < -0.39 is 37.3 Å². The first kappa shape index (κ1) is 34.9. The van der Waals surface area contributed by atoms with Crippen molar-refractivity contribution >= 4 is 33.0 Å². The zero-order valence-electron chi connectivity index (χ0n) is 48.1. The number of pyridine rings is 1. The van der Waals surface area contributed by atoms with Crippen LogP contribution in [0.2, 0.25) is 0 Å². The number of aromatic nitrogens is 3. The van der Waals surface area contributed by atoms with Gasteiger partial charge in [-0.15, -0.1) is 53.1 Å². The van der Waals surface area contributed by atoms with Gasteiger partial charge in [-0.05, 0) is 98.5 Å². The molecule has 10 rings (SSSR count). The summed E-state index contributed by atoms with van der Waals surface area (Å²) in [5.74, 6) is -1.71. The van der Waals surface area contributed by atoms with Gasteiger partial charge in [-0.1, -0.05) is 170 Å². The fourth-order valence-electron chi connectivity index (χ4n) is 8.29. The van der Waals surface area contributed by atoms with Crippen molar-refractivity contribution in [2.45, 2.75) is 80.3 Å². The summed E-state index contributed by atoms with van der Waals surface area (Å²) in [5.41, 5.74) is 10.9. The number of furan rings is 1. The molecule has 0 aliphatic rings. The number of nitrogens with zero attached hydrogens (tertiary/aromatic N) is 3. The van der Waals surface area contributed by atoms with Gasteiger partial charge in [-0.3, -0.25) is 4.98 Å². The van der Waals surface area contributed by atoms with Gasteiger partial charge >= 0.3 is 0 Å². The quantitative estimate of drug-likeness (QED) is 0.142. The van der Waals surface area contributed by atoms with Crippen molar-refractivity contribution in [3.05, 3.63) is 198 Å². The van der Waals surface area contributed by atoms with Crippen molar-refractivity contribution in [3.8, 4) is 50.6 Å². The molecule has 0 aliphatic heterocycles. The van der Waals surface area contributed by atoms with Crippen LogP contribution in [0.1, 0.15) is 102 Å². The van der Waals surface area contributed by atoms with Crippen LogP contribution < -0.4 is 0 Å². The first-order valence-corrected chi connectivity index (χ1v) is 21.8.